The Morgan fingerprint density at radius 2 is 1.52 bits per heavy atom. The number of benzene rings is 2. The molecule has 1 aliphatic rings. The number of amides is 3. The zero-order valence-electron chi connectivity index (χ0n) is 18.5. The summed E-state index contributed by atoms with van der Waals surface area (Å²) in [7, 11) is 0. The van der Waals surface area contributed by atoms with Crippen molar-refractivity contribution in [1.29, 1.82) is 0 Å². The highest BCUT2D eigenvalue weighted by atomic mass is 16.5. The van der Waals surface area contributed by atoms with Crippen LogP contribution in [0.2, 0.25) is 0 Å². The number of hydrogen-bond acceptors (Lipinski definition) is 5. The summed E-state index contributed by atoms with van der Waals surface area (Å²) in [5, 5.41) is 16.4. The summed E-state index contributed by atoms with van der Waals surface area (Å²) in [6.07, 6.45) is -1.57. The van der Waals surface area contributed by atoms with Gasteiger partial charge in [-0.25, -0.2) is 4.79 Å². The Hall–Kier alpha value is -3.88. The van der Waals surface area contributed by atoms with Crippen molar-refractivity contribution in [3.63, 3.8) is 0 Å². The van der Waals surface area contributed by atoms with Crippen LogP contribution in [0, 0.1) is 0 Å². The van der Waals surface area contributed by atoms with Gasteiger partial charge < -0.3 is 25.8 Å². The van der Waals surface area contributed by atoms with E-state index in [1.165, 1.54) is 6.92 Å². The molecule has 0 radical (unpaired) electrons. The molecule has 9 heteroatoms. The summed E-state index contributed by atoms with van der Waals surface area (Å²) in [5.74, 6) is -2.65. The lowest BCUT2D eigenvalue weighted by molar-refractivity contribution is -0.140. The van der Waals surface area contributed by atoms with Crippen molar-refractivity contribution >= 4 is 23.9 Å². The lowest BCUT2D eigenvalue weighted by Gasteiger charge is -2.20. The molecule has 0 aliphatic heterocycles. The molecule has 0 saturated carbocycles. The predicted octanol–water partition coefficient (Wildman–Crippen LogP) is 2.01. The van der Waals surface area contributed by atoms with Gasteiger partial charge in [0, 0.05) is 12.5 Å². The number of nitrogens with one attached hydrogen (secondary N) is 3. The van der Waals surface area contributed by atoms with E-state index in [-0.39, 0.29) is 12.5 Å². The van der Waals surface area contributed by atoms with Gasteiger partial charge in [-0.15, -0.1) is 0 Å². The van der Waals surface area contributed by atoms with Crippen LogP contribution in [0.1, 0.15) is 37.3 Å². The highest BCUT2D eigenvalue weighted by molar-refractivity contribution is 5.93. The van der Waals surface area contributed by atoms with Gasteiger partial charge in [0.2, 0.25) is 11.8 Å². The van der Waals surface area contributed by atoms with E-state index in [9.17, 15) is 19.2 Å². The average molecular weight is 453 g/mol. The average Bonchev–Trinajstić information content (AvgIpc) is 3.11. The Kier molecular flexibility index (Phi) is 7.66. The molecule has 1 aliphatic carbocycles. The Bertz CT molecular complexity index is 1010. The number of carboxylic acids is 1. The van der Waals surface area contributed by atoms with Crippen LogP contribution in [0.4, 0.5) is 4.79 Å². The fourth-order valence-corrected chi connectivity index (χ4v) is 3.87. The fraction of sp³-hybridized carbons (Fsp3) is 0.333. The van der Waals surface area contributed by atoms with Crippen molar-refractivity contribution in [3.8, 4) is 11.1 Å². The first-order chi connectivity index (χ1) is 15.8. The molecule has 3 amide bonds. The zero-order chi connectivity index (χ0) is 24.0. The third kappa shape index (κ3) is 5.68. The van der Waals surface area contributed by atoms with E-state index in [0.29, 0.717) is 6.54 Å². The van der Waals surface area contributed by atoms with Crippen molar-refractivity contribution in [2.24, 2.45) is 0 Å². The molecule has 0 fully saturated rings. The number of fused-ring (bicyclic) bond motifs is 3. The molecule has 3 rings (SSSR count). The first-order valence-corrected chi connectivity index (χ1v) is 10.7. The van der Waals surface area contributed by atoms with Gasteiger partial charge in [-0.2, -0.15) is 0 Å². The minimum atomic E-state index is -1.39. The molecular weight excluding hydrogens is 426 g/mol. The van der Waals surface area contributed by atoms with Crippen molar-refractivity contribution in [1.82, 2.24) is 16.0 Å². The molecule has 2 unspecified atom stereocenters. The molecule has 0 spiro atoms. The Balaban J connectivity index is 1.64. The first kappa shape index (κ1) is 23.8. The summed E-state index contributed by atoms with van der Waals surface area (Å²) in [4.78, 5) is 48.0. The number of hydrogen-bond donors (Lipinski definition) is 4. The second kappa shape index (κ2) is 10.6. The molecule has 0 aromatic heterocycles. The number of aliphatic carboxylic acids is 1. The number of carboxylic acid groups (broad SMARTS) is 1. The molecule has 174 valence electrons. The molecule has 2 atom stereocenters. The summed E-state index contributed by atoms with van der Waals surface area (Å²) in [6, 6.07) is 13.4. The van der Waals surface area contributed by atoms with Crippen LogP contribution in [-0.2, 0) is 19.1 Å². The first-order valence-electron chi connectivity index (χ1n) is 10.7. The van der Waals surface area contributed by atoms with Crippen molar-refractivity contribution in [2.75, 3.05) is 13.2 Å². The Morgan fingerprint density at radius 1 is 0.939 bits per heavy atom. The molecule has 9 nitrogen and oxygen atoms in total. The minimum Gasteiger partial charge on any atom is -0.481 e. The topological polar surface area (TPSA) is 134 Å². The molecule has 33 heavy (non-hydrogen) atoms. The number of likely N-dealkylation sites (N-methyl/N-ethyl adjacent to an activating group) is 1. The summed E-state index contributed by atoms with van der Waals surface area (Å²) >= 11 is 0. The van der Waals surface area contributed by atoms with E-state index >= 15 is 0 Å². The lowest BCUT2D eigenvalue weighted by Crippen LogP contribution is -2.53. The fourth-order valence-electron chi connectivity index (χ4n) is 3.87. The van der Waals surface area contributed by atoms with E-state index in [0.717, 1.165) is 22.3 Å². The number of rotatable bonds is 9. The third-order valence-electron chi connectivity index (χ3n) is 5.43. The quantitative estimate of drug-likeness (QED) is 0.459. The standard InChI is InChI=1S/C24H27N3O6/c1-3-25-22(30)14(2)26-23(31)20(12-21(28)29)27-24(32)33-13-19-17-10-6-4-8-15(17)16-9-5-7-11-18(16)19/h4-11,14,19-20H,3,12-13H2,1-2H3,(H,25,30)(H,26,31)(H,27,32)(H,28,29). The molecule has 0 heterocycles. The van der Waals surface area contributed by atoms with E-state index in [4.69, 9.17) is 9.84 Å². The zero-order valence-corrected chi connectivity index (χ0v) is 18.5. The Morgan fingerprint density at radius 3 is 2.06 bits per heavy atom. The number of alkyl carbamates (subject to hydrolysis) is 1. The van der Waals surface area contributed by atoms with Crippen molar-refractivity contribution in [3.05, 3.63) is 59.7 Å². The third-order valence-corrected chi connectivity index (χ3v) is 5.43. The predicted molar refractivity (Wildman–Crippen MR) is 121 cm³/mol. The van der Waals surface area contributed by atoms with E-state index < -0.39 is 42.4 Å². The van der Waals surface area contributed by atoms with Crippen LogP contribution in [-0.4, -0.2) is 54.2 Å². The second-order valence-corrected chi connectivity index (χ2v) is 7.75. The molecule has 2 aromatic carbocycles. The van der Waals surface area contributed by atoms with Gasteiger partial charge in [-0.3, -0.25) is 14.4 Å². The molecular formula is C24H27N3O6. The van der Waals surface area contributed by atoms with Crippen LogP contribution >= 0.6 is 0 Å². The van der Waals surface area contributed by atoms with Gasteiger partial charge in [-0.1, -0.05) is 48.5 Å². The van der Waals surface area contributed by atoms with Crippen molar-refractivity contribution < 1.29 is 29.0 Å². The van der Waals surface area contributed by atoms with E-state index in [2.05, 4.69) is 16.0 Å². The van der Waals surface area contributed by atoms with Gasteiger partial charge in [0.1, 0.15) is 18.7 Å². The maximum atomic E-state index is 12.5. The summed E-state index contributed by atoms with van der Waals surface area (Å²) in [5.41, 5.74) is 4.21. The second-order valence-electron chi connectivity index (χ2n) is 7.75. The molecule has 2 aromatic rings. The number of carbonyl (C=O) groups excluding carboxylic acids is 3. The molecule has 4 N–H and O–H groups in total. The minimum absolute atomic E-state index is 0.0244. The Labute approximate surface area is 191 Å². The smallest absolute Gasteiger partial charge is 0.407 e. The number of carbonyl (C=O) groups is 4. The maximum absolute atomic E-state index is 12.5. The maximum Gasteiger partial charge on any atom is 0.407 e. The van der Waals surface area contributed by atoms with Crippen LogP contribution in [0.25, 0.3) is 11.1 Å². The van der Waals surface area contributed by atoms with Crippen LogP contribution < -0.4 is 16.0 Å². The van der Waals surface area contributed by atoms with Gasteiger partial charge >= 0.3 is 12.1 Å². The molecule has 0 bridgehead atoms. The van der Waals surface area contributed by atoms with Crippen LogP contribution in [0.3, 0.4) is 0 Å². The monoisotopic (exact) mass is 453 g/mol. The summed E-state index contributed by atoms with van der Waals surface area (Å²) < 4.78 is 5.39. The largest absolute Gasteiger partial charge is 0.481 e. The van der Waals surface area contributed by atoms with Crippen molar-refractivity contribution in [2.45, 2.75) is 38.3 Å². The SMILES string of the molecule is CCNC(=O)C(C)NC(=O)C(CC(=O)O)NC(=O)OCC1c2ccccc2-c2ccccc21. The number of ether oxygens (including phenoxy) is 1. The summed E-state index contributed by atoms with van der Waals surface area (Å²) in [6.45, 7) is 3.61. The molecule has 0 saturated heterocycles. The highest BCUT2D eigenvalue weighted by Crippen LogP contribution is 2.44. The van der Waals surface area contributed by atoms with Gasteiger partial charge in [0.25, 0.3) is 0 Å². The van der Waals surface area contributed by atoms with Gasteiger partial charge in [-0.05, 0) is 36.1 Å². The highest BCUT2D eigenvalue weighted by Gasteiger charge is 2.31. The van der Waals surface area contributed by atoms with Gasteiger partial charge in [0.05, 0.1) is 6.42 Å². The normalized spacial score (nSPS) is 13.8. The van der Waals surface area contributed by atoms with Crippen LogP contribution in [0.15, 0.2) is 48.5 Å². The van der Waals surface area contributed by atoms with E-state index in [1.54, 1.807) is 6.92 Å². The van der Waals surface area contributed by atoms with Gasteiger partial charge in [0.15, 0.2) is 0 Å². The lowest BCUT2D eigenvalue weighted by atomic mass is 9.98. The van der Waals surface area contributed by atoms with E-state index in [1.807, 2.05) is 48.5 Å². The van der Waals surface area contributed by atoms with Crippen LogP contribution in [0.5, 0.6) is 0 Å².